The largest absolute Gasteiger partial charge is 0.497 e. The molecule has 0 aliphatic carbocycles. The van der Waals surface area contributed by atoms with Crippen molar-refractivity contribution in [3.8, 4) is 5.75 Å². The van der Waals surface area contributed by atoms with Gasteiger partial charge in [0.15, 0.2) is 0 Å². The number of imidazole rings is 2. The van der Waals surface area contributed by atoms with Crippen LogP contribution in [0.1, 0.15) is 12.1 Å². The van der Waals surface area contributed by atoms with Crippen molar-refractivity contribution in [1.82, 2.24) is 14.0 Å². The molecule has 0 aliphatic rings. The van der Waals surface area contributed by atoms with E-state index in [1.54, 1.807) is 7.11 Å². The van der Waals surface area contributed by atoms with Crippen LogP contribution in [0.2, 0.25) is 0 Å². The summed E-state index contributed by atoms with van der Waals surface area (Å²) < 4.78 is 9.10. The Labute approximate surface area is 115 Å². The first-order valence-corrected chi connectivity index (χ1v) is 6.32. The van der Waals surface area contributed by atoms with Gasteiger partial charge in [-0.15, -0.1) is 0 Å². The van der Waals surface area contributed by atoms with Gasteiger partial charge in [0.05, 0.1) is 24.6 Å². The van der Waals surface area contributed by atoms with Crippen molar-refractivity contribution in [1.29, 1.82) is 0 Å². The molecule has 104 valence electrons. The van der Waals surface area contributed by atoms with E-state index < -0.39 is 5.97 Å². The van der Waals surface area contributed by atoms with Crippen LogP contribution in [0.5, 0.6) is 5.75 Å². The Morgan fingerprint density at radius 2 is 2.25 bits per heavy atom. The first-order chi connectivity index (χ1) is 9.60. The van der Waals surface area contributed by atoms with E-state index >= 15 is 0 Å². The number of hydrogen-bond donors (Lipinski definition) is 1. The number of carboxylic acids is 1. The number of fused-ring (bicyclic) bond motifs is 3. The molecule has 6 nitrogen and oxygen atoms in total. The molecule has 1 N–H and O–H groups in total. The van der Waals surface area contributed by atoms with E-state index in [4.69, 9.17) is 9.84 Å². The molecule has 3 aromatic rings. The van der Waals surface area contributed by atoms with Crippen molar-refractivity contribution in [3.05, 3.63) is 30.1 Å². The van der Waals surface area contributed by atoms with Gasteiger partial charge in [-0.1, -0.05) is 0 Å². The zero-order chi connectivity index (χ0) is 14.3. The summed E-state index contributed by atoms with van der Waals surface area (Å²) in [5.41, 5.74) is 2.80. The number of carboxylic acid groups (broad SMARTS) is 1. The Hall–Kier alpha value is -2.50. The third-order valence-electron chi connectivity index (χ3n) is 3.48. The summed E-state index contributed by atoms with van der Waals surface area (Å²) in [6, 6.07) is 5.73. The first kappa shape index (κ1) is 12.5. The number of ether oxygens (including phenoxy) is 1. The van der Waals surface area contributed by atoms with Crippen molar-refractivity contribution in [2.75, 3.05) is 7.11 Å². The van der Waals surface area contributed by atoms with Crippen molar-refractivity contribution in [2.24, 2.45) is 7.05 Å². The molecule has 2 aromatic heterocycles. The third kappa shape index (κ3) is 1.89. The zero-order valence-electron chi connectivity index (χ0n) is 11.3. The molecular formula is C14H15N3O3. The Balaban J connectivity index is 2.10. The molecule has 0 amide bonds. The van der Waals surface area contributed by atoms with Gasteiger partial charge in [-0.05, 0) is 18.6 Å². The average molecular weight is 273 g/mol. The molecule has 0 radical (unpaired) electrons. The molecule has 0 aliphatic heterocycles. The summed E-state index contributed by atoms with van der Waals surface area (Å²) in [5, 5.41) is 8.78. The van der Waals surface area contributed by atoms with Crippen LogP contribution in [-0.4, -0.2) is 32.1 Å². The average Bonchev–Trinajstić information content (AvgIpc) is 2.93. The molecule has 0 unspecified atom stereocenters. The molecule has 0 atom stereocenters. The van der Waals surface area contributed by atoms with Crippen LogP contribution in [0.3, 0.4) is 0 Å². The maximum Gasteiger partial charge on any atom is 0.303 e. The second-order valence-corrected chi connectivity index (χ2v) is 4.71. The van der Waals surface area contributed by atoms with E-state index in [1.807, 2.05) is 40.4 Å². The summed E-state index contributed by atoms with van der Waals surface area (Å²) >= 11 is 0. The van der Waals surface area contributed by atoms with Crippen molar-refractivity contribution >= 4 is 22.8 Å². The Bertz CT molecular complexity index is 801. The molecule has 1 aromatic carbocycles. The van der Waals surface area contributed by atoms with Gasteiger partial charge in [-0.25, -0.2) is 4.98 Å². The van der Waals surface area contributed by atoms with E-state index in [-0.39, 0.29) is 6.42 Å². The lowest BCUT2D eigenvalue weighted by Gasteiger charge is -2.00. The smallest absolute Gasteiger partial charge is 0.303 e. The number of nitrogens with zero attached hydrogens (tertiary/aromatic N) is 3. The van der Waals surface area contributed by atoms with E-state index in [9.17, 15) is 4.79 Å². The summed E-state index contributed by atoms with van der Waals surface area (Å²) in [5.74, 6) is 0.777. The number of methoxy groups -OCH3 is 1. The summed E-state index contributed by atoms with van der Waals surface area (Å²) in [6.45, 7) is 0. The molecule has 0 saturated heterocycles. The topological polar surface area (TPSA) is 68.8 Å². The number of aryl methyl sites for hydroxylation is 2. The van der Waals surface area contributed by atoms with Crippen LogP contribution in [-0.2, 0) is 18.3 Å². The Morgan fingerprint density at radius 3 is 2.95 bits per heavy atom. The van der Waals surface area contributed by atoms with Crippen molar-refractivity contribution in [2.45, 2.75) is 12.8 Å². The lowest BCUT2D eigenvalue weighted by atomic mass is 10.2. The van der Waals surface area contributed by atoms with E-state index in [0.29, 0.717) is 6.42 Å². The van der Waals surface area contributed by atoms with Gasteiger partial charge in [0.1, 0.15) is 5.75 Å². The monoisotopic (exact) mass is 273 g/mol. The van der Waals surface area contributed by atoms with Gasteiger partial charge >= 0.3 is 5.97 Å². The predicted octanol–water partition coefficient (Wildman–Crippen LogP) is 1.85. The van der Waals surface area contributed by atoms with E-state index in [0.717, 1.165) is 28.3 Å². The minimum atomic E-state index is -0.793. The normalized spacial score (nSPS) is 11.3. The summed E-state index contributed by atoms with van der Waals surface area (Å²) in [7, 11) is 3.52. The fourth-order valence-corrected chi connectivity index (χ4v) is 2.39. The zero-order valence-corrected chi connectivity index (χ0v) is 11.3. The molecule has 6 heteroatoms. The van der Waals surface area contributed by atoms with Crippen molar-refractivity contribution < 1.29 is 14.6 Å². The second kappa shape index (κ2) is 4.56. The highest BCUT2D eigenvalue weighted by Crippen LogP contribution is 2.23. The maximum atomic E-state index is 10.7. The molecule has 0 fully saturated rings. The Kier molecular flexibility index (Phi) is 2.85. The van der Waals surface area contributed by atoms with Crippen molar-refractivity contribution in [3.63, 3.8) is 0 Å². The molecule has 0 bridgehead atoms. The molecular weight excluding hydrogens is 258 g/mol. The number of hydrogen-bond acceptors (Lipinski definition) is 3. The third-order valence-corrected chi connectivity index (χ3v) is 3.48. The molecule has 20 heavy (non-hydrogen) atoms. The van der Waals surface area contributed by atoms with Crippen LogP contribution in [0, 0.1) is 0 Å². The second-order valence-electron chi connectivity index (χ2n) is 4.71. The molecule has 0 spiro atoms. The van der Waals surface area contributed by atoms with Gasteiger partial charge in [0.2, 0.25) is 5.78 Å². The minimum Gasteiger partial charge on any atom is -0.497 e. The van der Waals surface area contributed by atoms with Crippen LogP contribution >= 0.6 is 0 Å². The van der Waals surface area contributed by atoms with Gasteiger partial charge in [-0.3, -0.25) is 9.20 Å². The number of benzene rings is 1. The van der Waals surface area contributed by atoms with Gasteiger partial charge in [0, 0.05) is 25.0 Å². The Morgan fingerprint density at radius 1 is 1.45 bits per heavy atom. The molecule has 3 rings (SSSR count). The SMILES string of the molecule is COc1ccc2c(c1)nc1n(C)c(CCC(=O)O)cn21. The first-order valence-electron chi connectivity index (χ1n) is 6.32. The van der Waals surface area contributed by atoms with Gasteiger partial charge < -0.3 is 14.4 Å². The number of carbonyl (C=O) groups is 1. The quantitative estimate of drug-likeness (QED) is 0.787. The highest BCUT2D eigenvalue weighted by molar-refractivity contribution is 5.81. The predicted molar refractivity (Wildman–Crippen MR) is 74.2 cm³/mol. The van der Waals surface area contributed by atoms with E-state index in [1.165, 1.54) is 0 Å². The van der Waals surface area contributed by atoms with Crippen LogP contribution < -0.4 is 4.74 Å². The van der Waals surface area contributed by atoms with Gasteiger partial charge in [0.25, 0.3) is 0 Å². The molecule has 2 heterocycles. The lowest BCUT2D eigenvalue weighted by Crippen LogP contribution is -2.02. The standard InChI is InChI=1S/C14H15N3O3/c1-16-9(3-6-13(18)19)8-17-12-5-4-10(20-2)7-11(12)15-14(16)17/h4-5,7-8H,3,6H2,1-2H3,(H,18,19). The van der Waals surface area contributed by atoms with E-state index in [2.05, 4.69) is 4.98 Å². The van der Waals surface area contributed by atoms with Crippen LogP contribution in [0.4, 0.5) is 0 Å². The maximum absolute atomic E-state index is 10.7. The fraction of sp³-hybridized carbons (Fsp3) is 0.286. The number of aromatic nitrogens is 3. The minimum absolute atomic E-state index is 0.118. The number of rotatable bonds is 4. The highest BCUT2D eigenvalue weighted by atomic mass is 16.5. The molecule has 0 saturated carbocycles. The summed E-state index contributed by atoms with van der Waals surface area (Å²) in [6.07, 6.45) is 2.56. The van der Waals surface area contributed by atoms with Crippen LogP contribution in [0.25, 0.3) is 16.8 Å². The van der Waals surface area contributed by atoms with Gasteiger partial charge in [-0.2, -0.15) is 0 Å². The highest BCUT2D eigenvalue weighted by Gasteiger charge is 2.13. The lowest BCUT2D eigenvalue weighted by molar-refractivity contribution is -0.136. The fourth-order valence-electron chi connectivity index (χ4n) is 2.39. The summed E-state index contributed by atoms with van der Waals surface area (Å²) in [4.78, 5) is 15.2. The number of aliphatic carboxylic acids is 1. The van der Waals surface area contributed by atoms with Crippen LogP contribution in [0.15, 0.2) is 24.4 Å².